The second-order valence-electron chi connectivity index (χ2n) is 13.0. The van der Waals surface area contributed by atoms with Crippen LogP contribution < -0.4 is 0 Å². The summed E-state index contributed by atoms with van der Waals surface area (Å²) in [7, 11) is -4.78. The normalized spacial score (nSPS) is 13.1. The van der Waals surface area contributed by atoms with Crippen LogP contribution in [-0.2, 0) is 28.2 Å². The second kappa shape index (κ2) is 36.5. The van der Waals surface area contributed by atoms with Crippen molar-refractivity contribution in [3.05, 3.63) is 60.8 Å². The summed E-state index contributed by atoms with van der Waals surface area (Å²) in [5, 5.41) is 0. The van der Waals surface area contributed by atoms with Gasteiger partial charge in [-0.25, -0.2) is 9.36 Å². The summed E-state index contributed by atoms with van der Waals surface area (Å²) in [6, 6.07) is 0. The van der Waals surface area contributed by atoms with Crippen molar-refractivity contribution in [2.45, 2.75) is 174 Å². The van der Waals surface area contributed by atoms with Gasteiger partial charge in [0, 0.05) is 12.5 Å². The number of ether oxygens (including phenoxy) is 2. The van der Waals surface area contributed by atoms with E-state index in [1.165, 1.54) is 96.0 Å². The van der Waals surface area contributed by atoms with Gasteiger partial charge in [-0.3, -0.25) is 9.32 Å². The summed E-state index contributed by atoms with van der Waals surface area (Å²) in [4.78, 5) is 42.6. The molecule has 0 saturated carbocycles. The van der Waals surface area contributed by atoms with Gasteiger partial charge in [-0.2, -0.15) is 0 Å². The van der Waals surface area contributed by atoms with Crippen LogP contribution in [0, 0.1) is 0 Å². The van der Waals surface area contributed by atoms with Gasteiger partial charge in [0.25, 0.3) is 0 Å². The van der Waals surface area contributed by atoms with Gasteiger partial charge in [-0.05, 0) is 57.8 Å². The first kappa shape index (κ1) is 47.8. The summed E-state index contributed by atoms with van der Waals surface area (Å²) < 4.78 is 26.1. The van der Waals surface area contributed by atoms with Gasteiger partial charge in [0.15, 0.2) is 6.10 Å². The maximum absolute atomic E-state index is 12.4. The SMILES string of the molecule is CCCCC/C=C/C/C=C/C/C=C/CCCCCCC(=O)O[C@H](COC(=O)/C=C/C=C/CCCCCCCCCCCCC)COP(=O)(O)O. The molecule has 0 rings (SSSR count). The molecule has 0 amide bonds. The maximum atomic E-state index is 12.4. The molecule has 0 fully saturated rings. The zero-order valence-corrected chi connectivity index (χ0v) is 32.4. The molecule has 0 spiro atoms. The third-order valence-corrected chi connectivity index (χ3v) is 8.60. The zero-order chi connectivity index (χ0) is 36.8. The molecule has 0 aromatic heterocycles. The average molecular weight is 723 g/mol. The van der Waals surface area contributed by atoms with Crippen molar-refractivity contribution in [3.63, 3.8) is 0 Å². The van der Waals surface area contributed by atoms with Gasteiger partial charge in [0.1, 0.15) is 6.61 Å². The third-order valence-electron chi connectivity index (χ3n) is 8.11. The maximum Gasteiger partial charge on any atom is 0.469 e. The van der Waals surface area contributed by atoms with E-state index in [-0.39, 0.29) is 13.0 Å². The second-order valence-corrected chi connectivity index (χ2v) is 14.2. The lowest BCUT2D eigenvalue weighted by Crippen LogP contribution is -2.29. The van der Waals surface area contributed by atoms with Gasteiger partial charge in [0.2, 0.25) is 0 Å². The molecule has 0 radical (unpaired) electrons. The number of hydrogen-bond donors (Lipinski definition) is 2. The molecule has 9 heteroatoms. The van der Waals surface area contributed by atoms with Gasteiger partial charge in [-0.1, -0.05) is 158 Å². The molecule has 0 aromatic rings. The van der Waals surface area contributed by atoms with Crippen molar-refractivity contribution < 1.29 is 37.9 Å². The van der Waals surface area contributed by atoms with Crippen LogP contribution in [0.1, 0.15) is 168 Å². The molecule has 288 valence electrons. The summed E-state index contributed by atoms with van der Waals surface area (Å²) in [5.74, 6) is -1.17. The Bertz CT molecular complexity index is 995. The van der Waals surface area contributed by atoms with E-state index in [0.717, 1.165) is 51.4 Å². The Morgan fingerprint density at radius 2 is 1.04 bits per heavy atom. The molecular formula is C41H71O8P. The van der Waals surface area contributed by atoms with E-state index >= 15 is 0 Å². The van der Waals surface area contributed by atoms with Gasteiger partial charge >= 0.3 is 19.8 Å². The lowest BCUT2D eigenvalue weighted by atomic mass is 10.1. The number of esters is 2. The van der Waals surface area contributed by atoms with E-state index in [1.54, 1.807) is 12.2 Å². The smallest absolute Gasteiger partial charge is 0.458 e. The molecule has 0 saturated heterocycles. The fraction of sp³-hybridized carbons (Fsp3) is 0.707. The molecule has 0 unspecified atom stereocenters. The van der Waals surface area contributed by atoms with Crippen LogP contribution in [0.15, 0.2) is 60.8 Å². The van der Waals surface area contributed by atoms with Crippen molar-refractivity contribution in [2.24, 2.45) is 0 Å². The first-order valence-corrected chi connectivity index (χ1v) is 21.2. The van der Waals surface area contributed by atoms with Crippen LogP contribution in [0.5, 0.6) is 0 Å². The van der Waals surface area contributed by atoms with Crippen molar-refractivity contribution >= 4 is 19.8 Å². The number of rotatable bonds is 35. The highest BCUT2D eigenvalue weighted by Gasteiger charge is 2.22. The minimum Gasteiger partial charge on any atom is -0.458 e. The topological polar surface area (TPSA) is 119 Å². The zero-order valence-electron chi connectivity index (χ0n) is 31.5. The van der Waals surface area contributed by atoms with Crippen molar-refractivity contribution in [1.82, 2.24) is 0 Å². The van der Waals surface area contributed by atoms with E-state index in [0.29, 0.717) is 6.42 Å². The highest BCUT2D eigenvalue weighted by Crippen LogP contribution is 2.35. The minimum atomic E-state index is -4.78. The van der Waals surface area contributed by atoms with Crippen LogP contribution in [0.2, 0.25) is 0 Å². The number of phosphoric ester groups is 1. The number of unbranched alkanes of at least 4 members (excludes halogenated alkanes) is 18. The van der Waals surface area contributed by atoms with E-state index in [4.69, 9.17) is 19.3 Å². The van der Waals surface area contributed by atoms with Crippen molar-refractivity contribution in [1.29, 1.82) is 0 Å². The Morgan fingerprint density at radius 1 is 0.580 bits per heavy atom. The fourth-order valence-electron chi connectivity index (χ4n) is 5.17. The Labute approximate surface area is 305 Å². The number of carbonyl (C=O) groups excluding carboxylic acids is 2. The predicted molar refractivity (Wildman–Crippen MR) is 207 cm³/mol. The number of hydrogen-bond acceptors (Lipinski definition) is 6. The molecule has 8 nitrogen and oxygen atoms in total. The van der Waals surface area contributed by atoms with Crippen LogP contribution in [-0.4, -0.2) is 41.0 Å². The monoisotopic (exact) mass is 722 g/mol. The molecule has 0 heterocycles. The largest absolute Gasteiger partial charge is 0.469 e. The average Bonchev–Trinajstić information content (AvgIpc) is 3.08. The van der Waals surface area contributed by atoms with Crippen LogP contribution >= 0.6 is 7.82 Å². The number of phosphoric acid groups is 1. The minimum absolute atomic E-state index is 0.165. The van der Waals surface area contributed by atoms with Crippen LogP contribution in [0.3, 0.4) is 0 Å². The standard InChI is InChI=1S/C41H71O8P/c1-3-5-7-9-11-13-15-17-19-20-22-24-26-28-30-32-34-36-41(43)49-39(38-48-50(44,45)46)37-47-40(42)35-33-31-29-27-25-23-21-18-16-14-12-10-8-6-4-2/h11,13,17,19,22,24,29,31,33,35,39H,3-10,12,14-16,18,20-21,23,25-28,30,32,34,36-38H2,1-2H3,(H2,44,45,46)/b13-11+,19-17+,24-22+,31-29+,35-33+/t39-/m1/s1. The number of allylic oxidation sites excluding steroid dienone is 9. The summed E-state index contributed by atoms with van der Waals surface area (Å²) in [6.45, 7) is 3.52. The molecular weight excluding hydrogens is 651 g/mol. The molecule has 50 heavy (non-hydrogen) atoms. The lowest BCUT2D eigenvalue weighted by molar-refractivity contribution is -0.159. The molecule has 1 atom stereocenters. The first-order valence-electron chi connectivity index (χ1n) is 19.6. The quantitative estimate of drug-likeness (QED) is 0.0166. The van der Waals surface area contributed by atoms with E-state index in [2.05, 4.69) is 54.8 Å². The Balaban J connectivity index is 4.11. The molecule has 0 aliphatic heterocycles. The summed E-state index contributed by atoms with van der Waals surface area (Å²) in [6.07, 6.45) is 45.7. The van der Waals surface area contributed by atoms with E-state index in [9.17, 15) is 14.2 Å². The van der Waals surface area contributed by atoms with Crippen molar-refractivity contribution in [2.75, 3.05) is 13.2 Å². The molecule has 0 aliphatic rings. The molecule has 0 bridgehead atoms. The number of carbonyl (C=O) groups is 2. The third kappa shape index (κ3) is 38.6. The summed E-state index contributed by atoms with van der Waals surface area (Å²) >= 11 is 0. The van der Waals surface area contributed by atoms with Gasteiger partial charge < -0.3 is 19.3 Å². The fourth-order valence-corrected chi connectivity index (χ4v) is 5.54. The van der Waals surface area contributed by atoms with Gasteiger partial charge in [-0.15, -0.1) is 0 Å². The Morgan fingerprint density at radius 3 is 1.60 bits per heavy atom. The summed E-state index contributed by atoms with van der Waals surface area (Å²) in [5.41, 5.74) is 0. The predicted octanol–water partition coefficient (Wildman–Crippen LogP) is 11.7. The molecule has 2 N–H and O–H groups in total. The van der Waals surface area contributed by atoms with E-state index in [1.807, 2.05) is 6.08 Å². The molecule has 0 aliphatic carbocycles. The highest BCUT2D eigenvalue weighted by atomic mass is 31.2. The molecule has 0 aromatic carbocycles. The van der Waals surface area contributed by atoms with Gasteiger partial charge in [0.05, 0.1) is 6.61 Å². The Kier molecular flexibility index (Phi) is 34.9. The highest BCUT2D eigenvalue weighted by molar-refractivity contribution is 7.46. The Hall–Kier alpha value is -2.25. The van der Waals surface area contributed by atoms with Crippen LogP contribution in [0.4, 0.5) is 0 Å². The van der Waals surface area contributed by atoms with Crippen molar-refractivity contribution in [3.8, 4) is 0 Å². The van der Waals surface area contributed by atoms with Crippen LogP contribution in [0.25, 0.3) is 0 Å². The lowest BCUT2D eigenvalue weighted by Gasteiger charge is -2.18. The first-order chi connectivity index (χ1) is 24.3. The van der Waals surface area contributed by atoms with E-state index < -0.39 is 32.5 Å².